The van der Waals surface area contributed by atoms with Crippen LogP contribution in [0.15, 0.2) is 42.5 Å². The molecule has 25 heavy (non-hydrogen) atoms. The molecule has 0 aliphatic rings. The summed E-state index contributed by atoms with van der Waals surface area (Å²) < 4.78 is 5.75. The quantitative estimate of drug-likeness (QED) is 0.737. The molecular weight excluding hydrogens is 334 g/mol. The van der Waals surface area contributed by atoms with Crippen molar-refractivity contribution in [3.8, 4) is 5.75 Å². The first-order valence-electron chi connectivity index (χ1n) is 8.42. The van der Waals surface area contributed by atoms with Crippen molar-refractivity contribution in [1.29, 1.82) is 0 Å². The lowest BCUT2D eigenvalue weighted by Crippen LogP contribution is -2.47. The molecule has 0 spiro atoms. The standard InChI is InChI=1S/C21H26ClNO2/c1-15-11-18(12-16(2)20(15)22)25-14-19(24)23(21(3,4)5)13-17-9-7-6-8-10-17/h6-12H,13-14H2,1-5H3. The molecule has 0 fully saturated rings. The summed E-state index contributed by atoms with van der Waals surface area (Å²) in [5, 5.41) is 0.735. The van der Waals surface area contributed by atoms with Gasteiger partial charge in [0, 0.05) is 17.1 Å². The van der Waals surface area contributed by atoms with E-state index in [-0.39, 0.29) is 18.1 Å². The van der Waals surface area contributed by atoms with Crippen LogP contribution >= 0.6 is 11.6 Å². The molecule has 134 valence electrons. The Morgan fingerprint density at radius 1 is 1.08 bits per heavy atom. The molecule has 0 radical (unpaired) electrons. The first-order valence-corrected chi connectivity index (χ1v) is 8.80. The number of ether oxygens (including phenoxy) is 1. The van der Waals surface area contributed by atoms with Crippen molar-refractivity contribution in [2.75, 3.05) is 6.61 Å². The second-order valence-electron chi connectivity index (χ2n) is 7.30. The molecule has 0 aliphatic carbocycles. The van der Waals surface area contributed by atoms with Crippen molar-refractivity contribution < 1.29 is 9.53 Å². The molecule has 4 heteroatoms. The predicted molar refractivity (Wildman–Crippen MR) is 103 cm³/mol. The van der Waals surface area contributed by atoms with E-state index in [9.17, 15) is 4.79 Å². The predicted octanol–water partition coefficient (Wildman–Crippen LogP) is 5.16. The van der Waals surface area contributed by atoms with Crippen LogP contribution < -0.4 is 4.74 Å². The van der Waals surface area contributed by atoms with Gasteiger partial charge >= 0.3 is 0 Å². The van der Waals surface area contributed by atoms with Crippen molar-refractivity contribution in [3.05, 3.63) is 64.2 Å². The summed E-state index contributed by atoms with van der Waals surface area (Å²) in [6.45, 7) is 10.5. The molecule has 0 atom stereocenters. The van der Waals surface area contributed by atoms with Gasteiger partial charge in [0.2, 0.25) is 0 Å². The van der Waals surface area contributed by atoms with Crippen LogP contribution in [0.25, 0.3) is 0 Å². The fourth-order valence-electron chi connectivity index (χ4n) is 2.68. The highest BCUT2D eigenvalue weighted by atomic mass is 35.5. The van der Waals surface area contributed by atoms with Crippen molar-refractivity contribution in [2.24, 2.45) is 0 Å². The Balaban J connectivity index is 2.10. The summed E-state index contributed by atoms with van der Waals surface area (Å²) >= 11 is 6.18. The Hall–Kier alpha value is -2.00. The molecule has 0 saturated carbocycles. The van der Waals surface area contributed by atoms with Gasteiger partial charge < -0.3 is 9.64 Å². The van der Waals surface area contributed by atoms with Gasteiger partial charge in [0.25, 0.3) is 5.91 Å². The van der Waals surface area contributed by atoms with Gasteiger partial charge in [0.05, 0.1) is 0 Å². The van der Waals surface area contributed by atoms with Crippen LogP contribution in [0.2, 0.25) is 5.02 Å². The van der Waals surface area contributed by atoms with Gasteiger partial charge in [-0.05, 0) is 63.4 Å². The van der Waals surface area contributed by atoms with Gasteiger partial charge in [-0.25, -0.2) is 0 Å². The third-order valence-electron chi connectivity index (χ3n) is 4.07. The summed E-state index contributed by atoms with van der Waals surface area (Å²) in [5.74, 6) is 0.628. The minimum absolute atomic E-state index is 0.00458. The normalized spacial score (nSPS) is 11.3. The number of hydrogen-bond acceptors (Lipinski definition) is 2. The summed E-state index contributed by atoms with van der Waals surface area (Å²) in [6, 6.07) is 13.7. The lowest BCUT2D eigenvalue weighted by Gasteiger charge is -2.35. The molecule has 2 rings (SSSR count). The van der Waals surface area contributed by atoms with Crippen molar-refractivity contribution in [3.63, 3.8) is 0 Å². The number of aryl methyl sites for hydroxylation is 2. The maximum Gasteiger partial charge on any atom is 0.261 e. The third-order valence-corrected chi connectivity index (χ3v) is 4.66. The zero-order valence-electron chi connectivity index (χ0n) is 15.6. The smallest absolute Gasteiger partial charge is 0.261 e. The van der Waals surface area contributed by atoms with Crippen LogP contribution in [0.1, 0.15) is 37.5 Å². The van der Waals surface area contributed by atoms with Crippen molar-refractivity contribution in [1.82, 2.24) is 4.90 Å². The van der Waals surface area contributed by atoms with Crippen LogP contribution in [0.4, 0.5) is 0 Å². The van der Waals surface area contributed by atoms with Crippen molar-refractivity contribution in [2.45, 2.75) is 46.7 Å². The number of halogens is 1. The fraction of sp³-hybridized carbons (Fsp3) is 0.381. The van der Waals surface area contributed by atoms with E-state index < -0.39 is 0 Å². The molecule has 0 bridgehead atoms. The van der Waals surface area contributed by atoms with E-state index in [0.717, 1.165) is 21.7 Å². The first kappa shape index (κ1) is 19.3. The average molecular weight is 360 g/mol. The Labute approximate surface area is 155 Å². The lowest BCUT2D eigenvalue weighted by molar-refractivity contribution is -0.139. The summed E-state index contributed by atoms with van der Waals surface area (Å²) in [4.78, 5) is 14.6. The molecule has 1 amide bonds. The first-order chi connectivity index (χ1) is 11.7. The summed E-state index contributed by atoms with van der Waals surface area (Å²) in [7, 11) is 0. The van der Waals surface area contributed by atoms with Crippen LogP contribution in [-0.2, 0) is 11.3 Å². The Morgan fingerprint density at radius 3 is 2.16 bits per heavy atom. The average Bonchev–Trinajstić information content (AvgIpc) is 2.55. The van der Waals surface area contributed by atoms with Crippen LogP contribution in [0.5, 0.6) is 5.75 Å². The zero-order valence-corrected chi connectivity index (χ0v) is 16.4. The number of carbonyl (C=O) groups excluding carboxylic acids is 1. The second-order valence-corrected chi connectivity index (χ2v) is 7.67. The number of hydrogen-bond donors (Lipinski definition) is 0. The van der Waals surface area contributed by atoms with Gasteiger partial charge in [-0.2, -0.15) is 0 Å². The van der Waals surface area contributed by atoms with E-state index in [1.165, 1.54) is 0 Å². The Morgan fingerprint density at radius 2 is 1.64 bits per heavy atom. The monoisotopic (exact) mass is 359 g/mol. The van der Waals surface area contributed by atoms with E-state index in [1.807, 2.05) is 82.0 Å². The van der Waals surface area contributed by atoms with Crippen molar-refractivity contribution >= 4 is 17.5 Å². The highest BCUT2D eigenvalue weighted by molar-refractivity contribution is 6.32. The van der Waals surface area contributed by atoms with E-state index in [0.29, 0.717) is 12.3 Å². The molecule has 2 aromatic rings. The molecule has 0 N–H and O–H groups in total. The molecule has 0 heterocycles. The molecule has 0 aromatic heterocycles. The zero-order chi connectivity index (χ0) is 18.6. The minimum Gasteiger partial charge on any atom is -0.484 e. The SMILES string of the molecule is Cc1cc(OCC(=O)N(Cc2ccccc2)C(C)(C)C)cc(C)c1Cl. The van der Waals surface area contributed by atoms with Crippen LogP contribution in [0, 0.1) is 13.8 Å². The van der Waals surface area contributed by atoms with Gasteiger partial charge in [0.1, 0.15) is 5.75 Å². The van der Waals surface area contributed by atoms with E-state index >= 15 is 0 Å². The van der Waals surface area contributed by atoms with Gasteiger partial charge in [-0.1, -0.05) is 41.9 Å². The molecule has 0 aliphatic heterocycles. The lowest BCUT2D eigenvalue weighted by atomic mass is 10.0. The Kier molecular flexibility index (Phi) is 6.12. The molecule has 3 nitrogen and oxygen atoms in total. The largest absolute Gasteiger partial charge is 0.484 e. The van der Waals surface area contributed by atoms with Gasteiger partial charge in [0.15, 0.2) is 6.61 Å². The Bertz CT molecular complexity index is 712. The number of carbonyl (C=O) groups is 1. The van der Waals surface area contributed by atoms with Crippen LogP contribution in [0.3, 0.4) is 0 Å². The highest BCUT2D eigenvalue weighted by Crippen LogP contribution is 2.26. The highest BCUT2D eigenvalue weighted by Gasteiger charge is 2.26. The molecule has 0 unspecified atom stereocenters. The van der Waals surface area contributed by atoms with E-state index in [1.54, 1.807) is 0 Å². The van der Waals surface area contributed by atoms with Gasteiger partial charge in [-0.3, -0.25) is 4.79 Å². The molecule has 0 saturated heterocycles. The maximum atomic E-state index is 12.8. The molecular formula is C21H26ClNO2. The number of amides is 1. The topological polar surface area (TPSA) is 29.5 Å². The van der Waals surface area contributed by atoms with Gasteiger partial charge in [-0.15, -0.1) is 0 Å². The summed E-state index contributed by atoms with van der Waals surface area (Å²) in [6.07, 6.45) is 0. The number of rotatable bonds is 5. The van der Waals surface area contributed by atoms with Crippen LogP contribution in [-0.4, -0.2) is 23.0 Å². The molecule has 2 aromatic carbocycles. The number of benzene rings is 2. The minimum atomic E-state index is -0.290. The fourth-order valence-corrected chi connectivity index (χ4v) is 2.79. The van der Waals surface area contributed by atoms with E-state index in [2.05, 4.69) is 0 Å². The summed E-state index contributed by atoms with van der Waals surface area (Å²) in [5.41, 5.74) is 2.70. The van der Waals surface area contributed by atoms with E-state index in [4.69, 9.17) is 16.3 Å². The second kappa shape index (κ2) is 7.92. The maximum absolute atomic E-state index is 12.8. The third kappa shape index (κ3) is 5.23. The number of nitrogens with zero attached hydrogens (tertiary/aromatic N) is 1.